The van der Waals surface area contributed by atoms with Gasteiger partial charge in [0.15, 0.2) is 0 Å². The lowest BCUT2D eigenvalue weighted by atomic mass is 10.1. The molecule has 0 aliphatic carbocycles. The van der Waals surface area contributed by atoms with Gasteiger partial charge in [-0.2, -0.15) is 0 Å². The molecule has 0 saturated heterocycles. The van der Waals surface area contributed by atoms with Gasteiger partial charge in [-0.3, -0.25) is 0 Å². The van der Waals surface area contributed by atoms with E-state index in [9.17, 15) is 4.79 Å². The van der Waals surface area contributed by atoms with Crippen molar-refractivity contribution in [3.05, 3.63) is 45.1 Å². The fraction of sp³-hybridized carbons (Fsp3) is 0.267. The molecule has 0 aliphatic heterocycles. The summed E-state index contributed by atoms with van der Waals surface area (Å²) < 4.78 is 1.84. The van der Waals surface area contributed by atoms with Gasteiger partial charge in [0.1, 0.15) is 5.52 Å². The van der Waals surface area contributed by atoms with Crippen molar-refractivity contribution in [2.24, 2.45) is 0 Å². The molecule has 0 bridgehead atoms. The summed E-state index contributed by atoms with van der Waals surface area (Å²) in [5.74, 6) is -0.955. The zero-order chi connectivity index (χ0) is 15.1. The number of aromatic carboxylic acids is 1. The summed E-state index contributed by atoms with van der Waals surface area (Å²) in [6.07, 6.45) is 0. The second-order valence-corrected chi connectivity index (χ2v) is 6.55. The molecule has 0 saturated carbocycles. The van der Waals surface area contributed by atoms with E-state index in [1.165, 1.54) is 15.3 Å². The van der Waals surface area contributed by atoms with E-state index < -0.39 is 5.97 Å². The zero-order valence-electron chi connectivity index (χ0n) is 12.0. The molecule has 0 aliphatic rings. The molecule has 21 heavy (non-hydrogen) atoms. The van der Waals surface area contributed by atoms with Crippen LogP contribution < -0.4 is 0 Å². The predicted octanol–water partition coefficient (Wildman–Crippen LogP) is 3.42. The summed E-state index contributed by atoms with van der Waals surface area (Å²) in [6, 6.07) is 7.14. The number of aromatic nitrogens is 3. The van der Waals surface area contributed by atoms with Gasteiger partial charge in [-0.1, -0.05) is 5.21 Å². The third-order valence-corrected chi connectivity index (χ3v) is 4.60. The second-order valence-electron chi connectivity index (χ2n) is 5.09. The first-order valence-electron chi connectivity index (χ1n) is 6.62. The first-order chi connectivity index (χ1) is 9.97. The molecule has 108 valence electrons. The Morgan fingerprint density at radius 2 is 2.10 bits per heavy atom. The highest BCUT2D eigenvalue weighted by Gasteiger charge is 2.17. The van der Waals surface area contributed by atoms with Crippen LogP contribution in [0.2, 0.25) is 0 Å². The van der Waals surface area contributed by atoms with Crippen LogP contribution in [0.4, 0.5) is 0 Å². The maximum atomic E-state index is 11.0. The van der Waals surface area contributed by atoms with Gasteiger partial charge in [-0.05, 0) is 50.6 Å². The normalized spacial score (nSPS) is 12.7. The topological polar surface area (TPSA) is 68.0 Å². The van der Waals surface area contributed by atoms with Crippen LogP contribution in [-0.2, 0) is 0 Å². The maximum Gasteiger partial charge on any atom is 0.335 e. The number of hydrogen-bond acceptors (Lipinski definition) is 4. The average Bonchev–Trinajstić information content (AvgIpc) is 3.00. The number of fused-ring (bicyclic) bond motifs is 1. The number of thiophene rings is 1. The van der Waals surface area contributed by atoms with E-state index in [0.29, 0.717) is 5.52 Å². The average molecular weight is 301 g/mol. The van der Waals surface area contributed by atoms with E-state index >= 15 is 0 Å². The summed E-state index contributed by atoms with van der Waals surface area (Å²) in [5.41, 5.74) is 2.90. The monoisotopic (exact) mass is 301 g/mol. The third-order valence-electron chi connectivity index (χ3n) is 3.61. The Hall–Kier alpha value is -2.21. The Bertz CT molecular complexity index is 835. The van der Waals surface area contributed by atoms with Crippen molar-refractivity contribution in [2.45, 2.75) is 26.8 Å². The molecule has 0 radical (unpaired) electrons. The first-order valence-corrected chi connectivity index (χ1v) is 7.44. The van der Waals surface area contributed by atoms with E-state index in [4.69, 9.17) is 5.11 Å². The van der Waals surface area contributed by atoms with Gasteiger partial charge in [0.25, 0.3) is 0 Å². The van der Waals surface area contributed by atoms with Crippen LogP contribution in [0.3, 0.4) is 0 Å². The molecule has 3 rings (SSSR count). The van der Waals surface area contributed by atoms with Gasteiger partial charge in [-0.15, -0.1) is 16.4 Å². The van der Waals surface area contributed by atoms with Crippen LogP contribution in [0.1, 0.15) is 38.6 Å². The lowest BCUT2D eigenvalue weighted by Crippen LogP contribution is -2.08. The van der Waals surface area contributed by atoms with E-state index in [1.54, 1.807) is 29.5 Å². The van der Waals surface area contributed by atoms with Crippen LogP contribution in [-0.4, -0.2) is 26.1 Å². The Morgan fingerprint density at radius 3 is 2.71 bits per heavy atom. The van der Waals surface area contributed by atoms with Gasteiger partial charge in [0, 0.05) is 9.75 Å². The van der Waals surface area contributed by atoms with Crippen LogP contribution in [0.15, 0.2) is 24.3 Å². The van der Waals surface area contributed by atoms with Gasteiger partial charge in [0.2, 0.25) is 0 Å². The number of aryl methyl sites for hydroxylation is 2. The van der Waals surface area contributed by atoms with Crippen LogP contribution in [0, 0.1) is 13.8 Å². The number of nitrogens with zero attached hydrogens (tertiary/aromatic N) is 3. The number of benzene rings is 1. The summed E-state index contributed by atoms with van der Waals surface area (Å²) in [6.45, 7) is 6.27. The molecule has 1 atom stereocenters. The number of carbonyl (C=O) groups is 1. The minimum absolute atomic E-state index is 0.0654. The second kappa shape index (κ2) is 4.96. The lowest BCUT2D eigenvalue weighted by Gasteiger charge is -2.12. The van der Waals surface area contributed by atoms with Crippen molar-refractivity contribution in [3.8, 4) is 0 Å². The number of carboxylic acids is 1. The minimum atomic E-state index is -0.955. The van der Waals surface area contributed by atoms with E-state index in [2.05, 4.69) is 37.1 Å². The number of carboxylic acid groups (broad SMARTS) is 1. The molecular formula is C15H15N3O2S. The van der Waals surface area contributed by atoms with Gasteiger partial charge in [0.05, 0.1) is 17.1 Å². The molecule has 2 heterocycles. The molecule has 3 aromatic rings. The molecule has 1 unspecified atom stereocenters. The van der Waals surface area contributed by atoms with Crippen molar-refractivity contribution >= 4 is 28.3 Å². The third kappa shape index (κ3) is 2.31. The minimum Gasteiger partial charge on any atom is -0.478 e. The molecule has 6 heteroatoms. The smallest absolute Gasteiger partial charge is 0.335 e. The lowest BCUT2D eigenvalue weighted by molar-refractivity contribution is 0.0697. The predicted molar refractivity (Wildman–Crippen MR) is 82.1 cm³/mol. The summed E-state index contributed by atoms with van der Waals surface area (Å²) in [7, 11) is 0. The molecular weight excluding hydrogens is 286 g/mol. The Labute approximate surface area is 125 Å². The first kappa shape index (κ1) is 13.8. The molecule has 2 aromatic heterocycles. The highest BCUT2D eigenvalue weighted by Crippen LogP contribution is 2.30. The van der Waals surface area contributed by atoms with Gasteiger partial charge < -0.3 is 5.11 Å². The van der Waals surface area contributed by atoms with Crippen LogP contribution in [0.5, 0.6) is 0 Å². The molecule has 0 amide bonds. The SMILES string of the molecule is Cc1cc(C(C)n2nnc3cc(C(=O)O)ccc32)c(C)s1. The standard InChI is InChI=1S/C15H15N3O2S/c1-8-6-12(10(3)21-8)9(2)18-14-5-4-11(15(19)20)7-13(14)16-17-18/h4-7,9H,1-3H3,(H,19,20). The van der Waals surface area contributed by atoms with E-state index in [0.717, 1.165) is 5.52 Å². The molecule has 0 spiro atoms. The Kier molecular flexibility index (Phi) is 3.25. The molecule has 5 nitrogen and oxygen atoms in total. The van der Waals surface area contributed by atoms with Crippen molar-refractivity contribution in [1.29, 1.82) is 0 Å². The fourth-order valence-corrected chi connectivity index (χ4v) is 3.57. The zero-order valence-corrected chi connectivity index (χ0v) is 12.8. The van der Waals surface area contributed by atoms with Crippen LogP contribution in [0.25, 0.3) is 11.0 Å². The highest BCUT2D eigenvalue weighted by molar-refractivity contribution is 7.12. The Balaban J connectivity index is 2.08. The number of hydrogen-bond donors (Lipinski definition) is 1. The van der Waals surface area contributed by atoms with Crippen molar-refractivity contribution < 1.29 is 9.90 Å². The maximum absolute atomic E-state index is 11.0. The fourth-order valence-electron chi connectivity index (χ4n) is 2.56. The summed E-state index contributed by atoms with van der Waals surface area (Å²) >= 11 is 1.77. The molecule has 1 N–H and O–H groups in total. The van der Waals surface area contributed by atoms with Crippen molar-refractivity contribution in [1.82, 2.24) is 15.0 Å². The Morgan fingerprint density at radius 1 is 1.33 bits per heavy atom. The molecule has 0 fully saturated rings. The summed E-state index contributed by atoms with van der Waals surface area (Å²) in [5, 5.41) is 17.3. The van der Waals surface area contributed by atoms with Crippen molar-refractivity contribution in [3.63, 3.8) is 0 Å². The van der Waals surface area contributed by atoms with Gasteiger partial charge >= 0.3 is 5.97 Å². The summed E-state index contributed by atoms with van der Waals surface area (Å²) in [4.78, 5) is 13.5. The van der Waals surface area contributed by atoms with Gasteiger partial charge in [-0.25, -0.2) is 9.48 Å². The van der Waals surface area contributed by atoms with E-state index in [1.807, 2.05) is 4.68 Å². The van der Waals surface area contributed by atoms with Crippen LogP contribution >= 0.6 is 11.3 Å². The number of rotatable bonds is 3. The highest BCUT2D eigenvalue weighted by atomic mass is 32.1. The quantitative estimate of drug-likeness (QED) is 0.805. The molecule has 1 aromatic carbocycles. The largest absolute Gasteiger partial charge is 0.478 e. The van der Waals surface area contributed by atoms with Crippen molar-refractivity contribution in [2.75, 3.05) is 0 Å². The van der Waals surface area contributed by atoms with E-state index in [-0.39, 0.29) is 11.6 Å².